The molecular weight excluding hydrogens is 366 g/mol. The molecular formula is C20H29NO5S. The molecule has 2 rings (SSSR count). The number of thiophene rings is 1. The Kier molecular flexibility index (Phi) is 7.03. The van der Waals surface area contributed by atoms with E-state index in [1.807, 2.05) is 6.07 Å². The van der Waals surface area contributed by atoms with Crippen LogP contribution in [0.25, 0.3) is 0 Å². The lowest BCUT2D eigenvalue weighted by atomic mass is 9.86. The van der Waals surface area contributed by atoms with Crippen molar-refractivity contribution in [3.8, 4) is 0 Å². The second-order valence-corrected chi connectivity index (χ2v) is 8.92. The number of Topliss-reactive ketones (excluding diaryl/α,β-unsaturated/α-hetero) is 1. The van der Waals surface area contributed by atoms with Gasteiger partial charge in [-0.25, -0.2) is 4.79 Å². The fourth-order valence-electron chi connectivity index (χ4n) is 3.30. The first-order valence-electron chi connectivity index (χ1n) is 9.30. The standard InChI is InChI=1S/C20H29NO5S/c1-6-26-18(23)12-15(22)13-9-10-21(19(24)25-5)14(11-13)16-7-8-17(27-16)20(2,3)4/h7-8,13-14H,6,9-12H2,1-5H3/t13-,14+/m1/s1. The molecule has 0 aromatic carbocycles. The summed E-state index contributed by atoms with van der Waals surface area (Å²) < 4.78 is 9.83. The molecule has 1 saturated heterocycles. The number of ketones is 1. The number of nitrogens with zero attached hydrogens (tertiary/aromatic N) is 1. The number of carbonyl (C=O) groups excluding carboxylic acids is 3. The van der Waals surface area contributed by atoms with E-state index in [2.05, 4.69) is 26.8 Å². The molecule has 7 heteroatoms. The lowest BCUT2D eigenvalue weighted by molar-refractivity contribution is -0.146. The van der Waals surface area contributed by atoms with E-state index in [4.69, 9.17) is 9.47 Å². The van der Waals surface area contributed by atoms with E-state index in [1.165, 1.54) is 12.0 Å². The Morgan fingerprint density at radius 2 is 1.96 bits per heavy atom. The predicted molar refractivity (Wildman–Crippen MR) is 104 cm³/mol. The molecule has 27 heavy (non-hydrogen) atoms. The first-order valence-corrected chi connectivity index (χ1v) is 10.1. The molecule has 6 nitrogen and oxygen atoms in total. The van der Waals surface area contributed by atoms with Gasteiger partial charge in [-0.1, -0.05) is 20.8 Å². The monoisotopic (exact) mass is 395 g/mol. The third-order valence-electron chi connectivity index (χ3n) is 4.79. The molecule has 1 aliphatic heterocycles. The van der Waals surface area contributed by atoms with Crippen LogP contribution in [0, 0.1) is 5.92 Å². The van der Waals surface area contributed by atoms with Gasteiger partial charge < -0.3 is 14.4 Å². The molecule has 0 radical (unpaired) electrons. The topological polar surface area (TPSA) is 72.9 Å². The molecule has 1 amide bonds. The summed E-state index contributed by atoms with van der Waals surface area (Å²) in [5.41, 5.74) is 0.0206. The van der Waals surface area contributed by atoms with Crippen molar-refractivity contribution in [2.75, 3.05) is 20.3 Å². The molecule has 150 valence electrons. The second-order valence-electron chi connectivity index (χ2n) is 7.80. The van der Waals surface area contributed by atoms with Gasteiger partial charge in [-0.3, -0.25) is 9.59 Å². The summed E-state index contributed by atoms with van der Waals surface area (Å²) in [6, 6.07) is 3.90. The Hall–Kier alpha value is -1.89. The summed E-state index contributed by atoms with van der Waals surface area (Å²) in [4.78, 5) is 40.4. The number of hydrogen-bond acceptors (Lipinski definition) is 6. The van der Waals surface area contributed by atoms with Crippen molar-refractivity contribution in [1.29, 1.82) is 0 Å². The molecule has 2 atom stereocenters. The number of amides is 1. The first kappa shape index (κ1) is 21.4. The van der Waals surface area contributed by atoms with E-state index >= 15 is 0 Å². The number of likely N-dealkylation sites (tertiary alicyclic amines) is 1. The highest BCUT2D eigenvalue weighted by Gasteiger charge is 2.37. The van der Waals surface area contributed by atoms with Gasteiger partial charge in [0.05, 0.1) is 19.8 Å². The quantitative estimate of drug-likeness (QED) is 0.555. The van der Waals surface area contributed by atoms with Gasteiger partial charge in [0.1, 0.15) is 12.2 Å². The Balaban J connectivity index is 2.20. The highest BCUT2D eigenvalue weighted by molar-refractivity contribution is 7.12. The van der Waals surface area contributed by atoms with Crippen LogP contribution in [0.3, 0.4) is 0 Å². The summed E-state index contributed by atoms with van der Waals surface area (Å²) in [6.07, 6.45) is 0.432. The van der Waals surface area contributed by atoms with Crippen molar-refractivity contribution < 1.29 is 23.9 Å². The van der Waals surface area contributed by atoms with Crippen LogP contribution in [0.5, 0.6) is 0 Å². The molecule has 1 aromatic heterocycles. The summed E-state index contributed by atoms with van der Waals surface area (Å²) >= 11 is 1.66. The minimum Gasteiger partial charge on any atom is -0.466 e. The minimum atomic E-state index is -0.486. The van der Waals surface area contributed by atoms with Gasteiger partial charge in [0.2, 0.25) is 0 Å². The van der Waals surface area contributed by atoms with Crippen molar-refractivity contribution in [2.45, 2.75) is 58.4 Å². The van der Waals surface area contributed by atoms with Gasteiger partial charge in [-0.05, 0) is 37.3 Å². The second kappa shape index (κ2) is 8.87. The van der Waals surface area contributed by atoms with Gasteiger partial charge in [0, 0.05) is 22.2 Å². The van der Waals surface area contributed by atoms with Crippen molar-refractivity contribution >= 4 is 29.2 Å². The van der Waals surface area contributed by atoms with E-state index in [0.717, 1.165) is 4.88 Å². The number of esters is 1. The maximum atomic E-state index is 12.5. The Morgan fingerprint density at radius 1 is 1.26 bits per heavy atom. The zero-order valence-electron chi connectivity index (χ0n) is 16.7. The average Bonchev–Trinajstić information content (AvgIpc) is 3.11. The van der Waals surface area contributed by atoms with Crippen molar-refractivity contribution in [2.24, 2.45) is 5.92 Å². The first-order chi connectivity index (χ1) is 12.7. The van der Waals surface area contributed by atoms with Crippen LogP contribution in [0.2, 0.25) is 0 Å². The molecule has 0 saturated carbocycles. The molecule has 0 N–H and O–H groups in total. The van der Waals surface area contributed by atoms with Crippen LogP contribution in [0.4, 0.5) is 4.79 Å². The van der Waals surface area contributed by atoms with Crippen LogP contribution >= 0.6 is 11.3 Å². The van der Waals surface area contributed by atoms with Gasteiger partial charge >= 0.3 is 12.1 Å². The average molecular weight is 396 g/mol. The lowest BCUT2D eigenvalue weighted by Gasteiger charge is -2.37. The Morgan fingerprint density at radius 3 is 2.52 bits per heavy atom. The highest BCUT2D eigenvalue weighted by Crippen LogP contribution is 2.40. The van der Waals surface area contributed by atoms with Crippen LogP contribution in [0.15, 0.2) is 12.1 Å². The maximum Gasteiger partial charge on any atom is 0.410 e. The highest BCUT2D eigenvalue weighted by atomic mass is 32.1. The molecule has 1 fully saturated rings. The number of methoxy groups -OCH3 is 1. The van der Waals surface area contributed by atoms with Gasteiger partial charge in [-0.15, -0.1) is 11.3 Å². The fraction of sp³-hybridized carbons (Fsp3) is 0.650. The molecule has 1 aromatic rings. The Labute approximate surface area is 164 Å². The Bertz CT molecular complexity index is 691. The zero-order valence-corrected chi connectivity index (χ0v) is 17.6. The minimum absolute atomic E-state index is 0.0206. The molecule has 0 unspecified atom stereocenters. The smallest absolute Gasteiger partial charge is 0.410 e. The van der Waals surface area contributed by atoms with E-state index in [9.17, 15) is 14.4 Å². The molecule has 0 bridgehead atoms. The van der Waals surface area contributed by atoms with E-state index < -0.39 is 5.97 Å². The summed E-state index contributed by atoms with van der Waals surface area (Å²) in [5, 5.41) is 0. The molecule has 0 spiro atoms. The van der Waals surface area contributed by atoms with Gasteiger partial charge in [-0.2, -0.15) is 0 Å². The van der Waals surface area contributed by atoms with Gasteiger partial charge in [0.15, 0.2) is 0 Å². The SMILES string of the molecule is CCOC(=O)CC(=O)[C@@H]1CCN(C(=O)OC)[C@H](c2ccc(C(C)(C)C)s2)C1. The van der Waals surface area contributed by atoms with Crippen LogP contribution in [-0.4, -0.2) is 43.0 Å². The molecule has 1 aliphatic rings. The van der Waals surface area contributed by atoms with E-state index in [-0.39, 0.29) is 42.3 Å². The van der Waals surface area contributed by atoms with Gasteiger partial charge in [0.25, 0.3) is 0 Å². The van der Waals surface area contributed by atoms with E-state index in [0.29, 0.717) is 19.4 Å². The van der Waals surface area contributed by atoms with Crippen LogP contribution in [-0.2, 0) is 24.5 Å². The molecule has 0 aliphatic carbocycles. The number of rotatable bonds is 5. The lowest BCUT2D eigenvalue weighted by Crippen LogP contribution is -2.42. The van der Waals surface area contributed by atoms with Crippen molar-refractivity contribution in [3.63, 3.8) is 0 Å². The third kappa shape index (κ3) is 5.31. The number of hydrogen-bond donors (Lipinski definition) is 0. The predicted octanol–water partition coefficient (Wildman–Crippen LogP) is 4.09. The van der Waals surface area contributed by atoms with Crippen molar-refractivity contribution in [3.05, 3.63) is 21.9 Å². The zero-order chi connectivity index (χ0) is 20.2. The normalized spacial score (nSPS) is 20.3. The summed E-state index contributed by atoms with van der Waals surface area (Å²) in [6.45, 7) is 8.85. The fourth-order valence-corrected chi connectivity index (χ4v) is 4.49. The molecule has 2 heterocycles. The number of piperidine rings is 1. The summed E-state index contributed by atoms with van der Waals surface area (Å²) in [7, 11) is 1.37. The van der Waals surface area contributed by atoms with Crippen LogP contribution in [0.1, 0.15) is 62.8 Å². The third-order valence-corrected chi connectivity index (χ3v) is 6.40. The van der Waals surface area contributed by atoms with Crippen LogP contribution < -0.4 is 0 Å². The maximum absolute atomic E-state index is 12.5. The summed E-state index contributed by atoms with van der Waals surface area (Å²) in [5.74, 6) is -0.864. The number of carbonyl (C=O) groups is 3. The largest absolute Gasteiger partial charge is 0.466 e. The van der Waals surface area contributed by atoms with E-state index in [1.54, 1.807) is 23.2 Å². The number of ether oxygens (including phenoxy) is 2. The van der Waals surface area contributed by atoms with Crippen molar-refractivity contribution in [1.82, 2.24) is 4.90 Å².